The molecule has 0 atom stereocenters. The summed E-state index contributed by atoms with van der Waals surface area (Å²) < 4.78 is 0. The topological polar surface area (TPSA) is 66.7 Å². The highest BCUT2D eigenvalue weighted by Gasteiger charge is 2.28. The molecule has 0 bridgehead atoms. The van der Waals surface area contributed by atoms with E-state index in [1.165, 1.54) is 11.3 Å². The van der Waals surface area contributed by atoms with Crippen molar-refractivity contribution in [3.8, 4) is 11.4 Å². The van der Waals surface area contributed by atoms with Crippen LogP contribution in [0, 0.1) is 0 Å². The lowest BCUT2D eigenvalue weighted by atomic mass is 9.78. The zero-order chi connectivity index (χ0) is 15.3. The van der Waals surface area contributed by atoms with Crippen LogP contribution in [0.2, 0.25) is 0 Å². The second-order valence-corrected chi connectivity index (χ2v) is 6.68. The summed E-state index contributed by atoms with van der Waals surface area (Å²) in [7, 11) is 0. The Kier molecular flexibility index (Phi) is 2.70. The summed E-state index contributed by atoms with van der Waals surface area (Å²) in [5.41, 5.74) is 12.4. The molecule has 4 rings (SSSR count). The zero-order valence-electron chi connectivity index (χ0n) is 12.9. The first-order valence-corrected chi connectivity index (χ1v) is 7.67. The molecule has 0 amide bonds. The van der Waals surface area contributed by atoms with Gasteiger partial charge in [0.2, 0.25) is 0 Å². The Morgan fingerprint density at radius 2 is 1.91 bits per heavy atom. The van der Waals surface area contributed by atoms with E-state index in [-0.39, 0.29) is 5.41 Å². The molecule has 22 heavy (non-hydrogen) atoms. The first kappa shape index (κ1) is 13.2. The molecule has 4 N–H and O–H groups in total. The van der Waals surface area contributed by atoms with E-state index in [1.807, 2.05) is 24.3 Å². The van der Waals surface area contributed by atoms with Crippen molar-refractivity contribution < 1.29 is 0 Å². The molecule has 4 nitrogen and oxygen atoms in total. The number of fused-ring (bicyclic) bond motifs is 2. The standard InChI is InChI=1S/C18H20N4/c1-18(2)7-8-20-14-10-16-15(9-13(14)18)21-17(22-16)11-3-5-12(19)6-4-11/h3-6,9-10,20H,7-8,19H2,1-2H3,(H,21,22). The van der Waals surface area contributed by atoms with Crippen LogP contribution in [0.25, 0.3) is 22.4 Å². The number of nitrogens with zero attached hydrogens (tertiary/aromatic N) is 1. The first-order chi connectivity index (χ1) is 10.5. The van der Waals surface area contributed by atoms with E-state index in [0.29, 0.717) is 0 Å². The molecule has 1 aromatic heterocycles. The van der Waals surface area contributed by atoms with Crippen LogP contribution in [0.5, 0.6) is 0 Å². The van der Waals surface area contributed by atoms with Crippen molar-refractivity contribution >= 4 is 22.4 Å². The molecule has 1 aliphatic heterocycles. The Bertz CT molecular complexity index is 843. The van der Waals surface area contributed by atoms with Crippen molar-refractivity contribution in [2.75, 3.05) is 17.6 Å². The number of aromatic amines is 1. The van der Waals surface area contributed by atoms with Gasteiger partial charge in [0, 0.05) is 23.5 Å². The number of benzene rings is 2. The Morgan fingerprint density at radius 1 is 1.14 bits per heavy atom. The minimum Gasteiger partial charge on any atom is -0.399 e. The molecular formula is C18H20N4. The van der Waals surface area contributed by atoms with E-state index in [9.17, 15) is 0 Å². The summed E-state index contributed by atoms with van der Waals surface area (Å²) in [6.45, 7) is 5.62. The van der Waals surface area contributed by atoms with Gasteiger partial charge in [0.25, 0.3) is 0 Å². The predicted molar refractivity (Wildman–Crippen MR) is 92.1 cm³/mol. The number of anilines is 2. The van der Waals surface area contributed by atoms with Crippen LogP contribution in [-0.4, -0.2) is 16.5 Å². The molecule has 0 saturated heterocycles. The summed E-state index contributed by atoms with van der Waals surface area (Å²) in [5, 5.41) is 3.50. The monoisotopic (exact) mass is 292 g/mol. The van der Waals surface area contributed by atoms with Crippen LogP contribution in [0.1, 0.15) is 25.8 Å². The number of aromatic nitrogens is 2. The van der Waals surface area contributed by atoms with Gasteiger partial charge in [0.15, 0.2) is 0 Å². The number of rotatable bonds is 1. The lowest BCUT2D eigenvalue weighted by Crippen LogP contribution is -2.28. The molecule has 0 aliphatic carbocycles. The van der Waals surface area contributed by atoms with Gasteiger partial charge in [-0.3, -0.25) is 0 Å². The van der Waals surface area contributed by atoms with Crippen LogP contribution in [0.4, 0.5) is 11.4 Å². The highest BCUT2D eigenvalue weighted by atomic mass is 14.9. The fourth-order valence-corrected chi connectivity index (χ4v) is 3.19. The van der Waals surface area contributed by atoms with E-state index >= 15 is 0 Å². The Labute approximate surface area is 129 Å². The number of hydrogen-bond acceptors (Lipinski definition) is 3. The molecule has 2 aromatic carbocycles. The maximum Gasteiger partial charge on any atom is 0.138 e. The lowest BCUT2D eigenvalue weighted by molar-refractivity contribution is 0.482. The second-order valence-electron chi connectivity index (χ2n) is 6.68. The average molecular weight is 292 g/mol. The molecule has 1 aliphatic rings. The number of nitrogens with one attached hydrogen (secondary N) is 2. The Balaban J connectivity index is 1.86. The minimum atomic E-state index is 0.196. The van der Waals surface area contributed by atoms with E-state index in [0.717, 1.165) is 41.1 Å². The molecule has 0 fully saturated rings. The highest BCUT2D eigenvalue weighted by molar-refractivity contribution is 5.85. The highest BCUT2D eigenvalue weighted by Crippen LogP contribution is 2.38. The zero-order valence-corrected chi connectivity index (χ0v) is 12.9. The second kappa shape index (κ2) is 4.50. The molecular weight excluding hydrogens is 272 g/mol. The van der Waals surface area contributed by atoms with E-state index in [4.69, 9.17) is 10.7 Å². The smallest absolute Gasteiger partial charge is 0.138 e. The summed E-state index contributed by atoms with van der Waals surface area (Å²) in [6.07, 6.45) is 1.14. The van der Waals surface area contributed by atoms with Gasteiger partial charge >= 0.3 is 0 Å². The Hall–Kier alpha value is -2.49. The summed E-state index contributed by atoms with van der Waals surface area (Å²) >= 11 is 0. The van der Waals surface area contributed by atoms with Crippen molar-refractivity contribution in [1.82, 2.24) is 9.97 Å². The van der Waals surface area contributed by atoms with Gasteiger partial charge in [0.05, 0.1) is 11.0 Å². The first-order valence-electron chi connectivity index (χ1n) is 7.67. The lowest BCUT2D eigenvalue weighted by Gasteiger charge is -2.33. The van der Waals surface area contributed by atoms with Gasteiger partial charge in [-0.15, -0.1) is 0 Å². The number of hydrogen-bond donors (Lipinski definition) is 3. The van der Waals surface area contributed by atoms with E-state index < -0.39 is 0 Å². The largest absolute Gasteiger partial charge is 0.399 e. The SMILES string of the molecule is CC1(C)CCNc2cc3nc(-c4ccc(N)cc4)[nH]c3cc21. The molecule has 0 unspecified atom stereocenters. The van der Waals surface area contributed by atoms with E-state index in [2.05, 4.69) is 36.3 Å². The normalized spacial score (nSPS) is 16.3. The quantitative estimate of drug-likeness (QED) is 0.596. The van der Waals surface area contributed by atoms with Crippen molar-refractivity contribution in [2.45, 2.75) is 25.7 Å². The van der Waals surface area contributed by atoms with Crippen LogP contribution in [0.3, 0.4) is 0 Å². The molecule has 2 heterocycles. The Morgan fingerprint density at radius 3 is 2.68 bits per heavy atom. The molecule has 0 spiro atoms. The minimum absolute atomic E-state index is 0.196. The van der Waals surface area contributed by atoms with Gasteiger partial charge in [0.1, 0.15) is 5.82 Å². The van der Waals surface area contributed by atoms with Crippen molar-refractivity contribution in [2.24, 2.45) is 0 Å². The number of nitrogen functional groups attached to an aromatic ring is 1. The van der Waals surface area contributed by atoms with Gasteiger partial charge in [-0.25, -0.2) is 4.98 Å². The van der Waals surface area contributed by atoms with Gasteiger partial charge in [-0.2, -0.15) is 0 Å². The number of imidazole rings is 1. The molecule has 0 saturated carbocycles. The van der Waals surface area contributed by atoms with Gasteiger partial charge < -0.3 is 16.0 Å². The summed E-state index contributed by atoms with van der Waals surface area (Å²) in [4.78, 5) is 8.17. The fourth-order valence-electron chi connectivity index (χ4n) is 3.19. The summed E-state index contributed by atoms with van der Waals surface area (Å²) in [5.74, 6) is 0.884. The van der Waals surface area contributed by atoms with Crippen LogP contribution >= 0.6 is 0 Å². The van der Waals surface area contributed by atoms with Crippen molar-refractivity contribution in [3.05, 3.63) is 42.0 Å². The predicted octanol–water partition coefficient (Wildman–Crippen LogP) is 3.91. The number of H-pyrrole nitrogens is 1. The van der Waals surface area contributed by atoms with Gasteiger partial charge in [-0.1, -0.05) is 13.8 Å². The fraction of sp³-hybridized carbons (Fsp3) is 0.278. The maximum absolute atomic E-state index is 5.75. The molecule has 112 valence electrons. The van der Waals surface area contributed by atoms with Crippen molar-refractivity contribution in [3.63, 3.8) is 0 Å². The average Bonchev–Trinajstić information content (AvgIpc) is 2.89. The summed E-state index contributed by atoms with van der Waals surface area (Å²) in [6, 6.07) is 12.2. The van der Waals surface area contributed by atoms with Crippen LogP contribution in [0.15, 0.2) is 36.4 Å². The maximum atomic E-state index is 5.75. The third kappa shape index (κ3) is 2.03. The van der Waals surface area contributed by atoms with Crippen LogP contribution < -0.4 is 11.1 Å². The third-order valence-electron chi connectivity index (χ3n) is 4.60. The van der Waals surface area contributed by atoms with E-state index in [1.54, 1.807) is 0 Å². The molecule has 0 radical (unpaired) electrons. The van der Waals surface area contributed by atoms with Crippen LogP contribution in [-0.2, 0) is 5.41 Å². The third-order valence-corrected chi connectivity index (χ3v) is 4.60. The van der Waals surface area contributed by atoms with Gasteiger partial charge in [-0.05, 0) is 53.8 Å². The van der Waals surface area contributed by atoms with Crippen molar-refractivity contribution in [1.29, 1.82) is 0 Å². The molecule has 3 aromatic rings. The molecule has 4 heteroatoms. The number of nitrogens with two attached hydrogens (primary N) is 1.